The van der Waals surface area contributed by atoms with Crippen molar-refractivity contribution < 1.29 is 20.1 Å². The lowest BCUT2D eigenvalue weighted by Crippen LogP contribution is -2.60. The number of hydrogen-bond acceptors (Lipinski definition) is 4. The van der Waals surface area contributed by atoms with Gasteiger partial charge in [-0.15, -0.1) is 0 Å². The first-order valence-electron chi connectivity index (χ1n) is 12.8. The summed E-state index contributed by atoms with van der Waals surface area (Å²) in [7, 11) is 0. The molecule has 0 amide bonds. The third-order valence-electron chi connectivity index (χ3n) is 10.3. The number of carbonyl (C=O) groups excluding carboxylic acids is 1. The van der Waals surface area contributed by atoms with Gasteiger partial charge >= 0.3 is 0 Å². The fraction of sp³-hybridized carbons (Fsp3) is 0.889. The van der Waals surface area contributed by atoms with Crippen molar-refractivity contribution in [3.8, 4) is 0 Å². The van der Waals surface area contributed by atoms with Crippen molar-refractivity contribution in [1.82, 2.24) is 0 Å². The van der Waals surface area contributed by atoms with Crippen molar-refractivity contribution in [2.75, 3.05) is 0 Å². The quantitative estimate of drug-likeness (QED) is 0.591. The normalized spacial score (nSPS) is 48.1. The molecule has 3 fully saturated rings. The van der Waals surface area contributed by atoms with Crippen LogP contribution < -0.4 is 0 Å². The molecule has 0 aromatic heterocycles. The molecule has 4 nitrogen and oxygen atoms in total. The fourth-order valence-electron chi connectivity index (χ4n) is 8.37. The zero-order valence-corrected chi connectivity index (χ0v) is 20.2. The van der Waals surface area contributed by atoms with Crippen LogP contribution in [0.5, 0.6) is 0 Å². The summed E-state index contributed by atoms with van der Waals surface area (Å²) in [4.78, 5) is 13.2. The van der Waals surface area contributed by atoms with Crippen LogP contribution in [0.4, 0.5) is 0 Å². The average Bonchev–Trinajstić information content (AvgIpc) is 2.96. The number of rotatable bonds is 5. The maximum absolute atomic E-state index is 13.2. The summed E-state index contributed by atoms with van der Waals surface area (Å²) in [5, 5.41) is 32.9. The number of ketones is 1. The summed E-state index contributed by atoms with van der Waals surface area (Å²) in [5.41, 5.74) is -0.538. The SMILES string of the molecule is CC(C)CCC[C@@H](C)[C@H]1CC[C@@]2(O)C3=CC(=O)[C@H]4C[C@@H](O)[C@@H](O)C[C@]4(C)[C@H]3CC[C@]12C. The Morgan fingerprint density at radius 3 is 2.42 bits per heavy atom. The Labute approximate surface area is 188 Å². The summed E-state index contributed by atoms with van der Waals surface area (Å²) >= 11 is 0. The van der Waals surface area contributed by atoms with Gasteiger partial charge in [0.05, 0.1) is 17.8 Å². The van der Waals surface area contributed by atoms with E-state index in [-0.39, 0.29) is 28.4 Å². The Balaban J connectivity index is 1.62. The average molecular weight is 433 g/mol. The number of aliphatic hydroxyl groups is 3. The molecule has 176 valence electrons. The molecule has 3 N–H and O–H groups in total. The molecule has 4 heteroatoms. The van der Waals surface area contributed by atoms with Gasteiger partial charge in [-0.25, -0.2) is 0 Å². The summed E-state index contributed by atoms with van der Waals surface area (Å²) in [6, 6.07) is 0. The van der Waals surface area contributed by atoms with Crippen LogP contribution in [0.15, 0.2) is 11.6 Å². The minimum absolute atomic E-state index is 0.0470. The van der Waals surface area contributed by atoms with Gasteiger partial charge in [0.1, 0.15) is 0 Å². The molecule has 0 aliphatic heterocycles. The van der Waals surface area contributed by atoms with Gasteiger partial charge < -0.3 is 15.3 Å². The largest absolute Gasteiger partial charge is 0.390 e. The molecule has 0 radical (unpaired) electrons. The molecule has 4 rings (SSSR count). The van der Waals surface area contributed by atoms with Gasteiger partial charge in [0.15, 0.2) is 5.78 Å². The standard InChI is InChI=1S/C27H44O4/c1-16(2)7-6-8-17(3)18-10-12-27(31)20-13-22(28)21-14-23(29)24(30)15-25(21,4)19(20)9-11-26(18,27)5/h13,16-19,21,23-24,29-31H,6-12,14-15H2,1-5H3/t17-,18-,19+,21-,23-,24+,25-,26-,27-/m1/s1. The zero-order valence-electron chi connectivity index (χ0n) is 20.2. The van der Waals surface area contributed by atoms with E-state index in [9.17, 15) is 20.1 Å². The van der Waals surface area contributed by atoms with Crippen molar-refractivity contribution in [2.45, 2.75) is 110 Å². The van der Waals surface area contributed by atoms with Crippen molar-refractivity contribution in [3.05, 3.63) is 11.6 Å². The molecule has 4 aliphatic rings. The molecule has 0 heterocycles. The summed E-state index contributed by atoms with van der Waals surface area (Å²) in [6.45, 7) is 11.3. The first-order valence-corrected chi connectivity index (χ1v) is 12.8. The van der Waals surface area contributed by atoms with E-state index in [1.807, 2.05) is 0 Å². The molecule has 0 unspecified atom stereocenters. The topological polar surface area (TPSA) is 77.8 Å². The molecule has 4 aliphatic carbocycles. The van der Waals surface area contributed by atoms with Crippen LogP contribution in [0.3, 0.4) is 0 Å². The van der Waals surface area contributed by atoms with Crippen LogP contribution in [-0.4, -0.2) is 38.9 Å². The third-order valence-corrected chi connectivity index (χ3v) is 10.3. The van der Waals surface area contributed by atoms with E-state index in [1.165, 1.54) is 19.3 Å². The van der Waals surface area contributed by atoms with E-state index in [2.05, 4.69) is 34.6 Å². The van der Waals surface area contributed by atoms with E-state index in [1.54, 1.807) is 6.08 Å². The molecule has 0 bridgehead atoms. The number of carbonyl (C=O) groups is 1. The van der Waals surface area contributed by atoms with Crippen LogP contribution in [0.2, 0.25) is 0 Å². The minimum Gasteiger partial charge on any atom is -0.390 e. The lowest BCUT2D eigenvalue weighted by Gasteiger charge is -2.60. The van der Waals surface area contributed by atoms with Crippen LogP contribution in [0.25, 0.3) is 0 Å². The van der Waals surface area contributed by atoms with E-state index < -0.39 is 17.8 Å². The van der Waals surface area contributed by atoms with E-state index in [4.69, 9.17) is 0 Å². The van der Waals surface area contributed by atoms with Crippen molar-refractivity contribution in [2.24, 2.45) is 40.4 Å². The fourth-order valence-corrected chi connectivity index (χ4v) is 8.37. The molecular formula is C27H44O4. The lowest BCUT2D eigenvalue weighted by atomic mass is 9.46. The molecule has 9 atom stereocenters. The van der Waals surface area contributed by atoms with Gasteiger partial charge in [0, 0.05) is 11.3 Å². The highest BCUT2D eigenvalue weighted by Crippen LogP contribution is 2.68. The van der Waals surface area contributed by atoms with Crippen LogP contribution >= 0.6 is 0 Å². The first-order chi connectivity index (χ1) is 14.4. The summed E-state index contributed by atoms with van der Waals surface area (Å²) in [5.74, 6) is 1.70. The molecule has 3 saturated carbocycles. The first kappa shape index (κ1) is 23.4. The predicted molar refractivity (Wildman–Crippen MR) is 122 cm³/mol. The molecule has 0 aromatic rings. The highest BCUT2D eigenvalue weighted by Gasteiger charge is 2.66. The maximum atomic E-state index is 13.2. The lowest BCUT2D eigenvalue weighted by molar-refractivity contribution is -0.153. The van der Waals surface area contributed by atoms with Crippen molar-refractivity contribution in [1.29, 1.82) is 0 Å². The Kier molecular flexibility index (Phi) is 6.02. The van der Waals surface area contributed by atoms with Gasteiger partial charge in [-0.2, -0.15) is 0 Å². The van der Waals surface area contributed by atoms with Gasteiger partial charge in [-0.3, -0.25) is 4.79 Å². The van der Waals surface area contributed by atoms with Gasteiger partial charge in [0.2, 0.25) is 0 Å². The number of hydrogen-bond donors (Lipinski definition) is 3. The zero-order chi connectivity index (χ0) is 22.8. The summed E-state index contributed by atoms with van der Waals surface area (Å²) < 4.78 is 0. The van der Waals surface area contributed by atoms with Gasteiger partial charge in [-0.1, -0.05) is 53.9 Å². The smallest absolute Gasteiger partial charge is 0.159 e. The number of allylic oxidation sites excluding steroid dienone is 1. The summed E-state index contributed by atoms with van der Waals surface area (Å²) in [6.07, 6.45) is 8.34. The Morgan fingerprint density at radius 1 is 1.03 bits per heavy atom. The molecule has 0 spiro atoms. The Morgan fingerprint density at radius 2 is 1.74 bits per heavy atom. The number of aliphatic hydroxyl groups excluding tert-OH is 2. The van der Waals surface area contributed by atoms with Crippen LogP contribution in [-0.2, 0) is 4.79 Å². The van der Waals surface area contributed by atoms with Crippen LogP contribution in [0, 0.1) is 40.4 Å². The highest BCUT2D eigenvalue weighted by molar-refractivity contribution is 5.95. The van der Waals surface area contributed by atoms with E-state index in [0.29, 0.717) is 24.7 Å². The maximum Gasteiger partial charge on any atom is 0.159 e. The number of fused-ring (bicyclic) bond motifs is 5. The van der Waals surface area contributed by atoms with E-state index >= 15 is 0 Å². The predicted octanol–water partition coefficient (Wildman–Crippen LogP) is 4.65. The van der Waals surface area contributed by atoms with E-state index in [0.717, 1.165) is 37.2 Å². The monoisotopic (exact) mass is 432 g/mol. The molecular weight excluding hydrogens is 388 g/mol. The second-order valence-electron chi connectivity index (χ2n) is 12.5. The molecule has 0 saturated heterocycles. The molecule has 31 heavy (non-hydrogen) atoms. The van der Waals surface area contributed by atoms with Crippen molar-refractivity contribution in [3.63, 3.8) is 0 Å². The Bertz CT molecular complexity index is 744. The van der Waals surface area contributed by atoms with Gasteiger partial charge in [-0.05, 0) is 79.3 Å². The van der Waals surface area contributed by atoms with Crippen molar-refractivity contribution >= 4 is 5.78 Å². The minimum atomic E-state index is -0.919. The van der Waals surface area contributed by atoms with Gasteiger partial charge in [0.25, 0.3) is 0 Å². The second-order valence-corrected chi connectivity index (χ2v) is 12.5. The second kappa shape index (κ2) is 7.95. The molecule has 0 aromatic carbocycles. The van der Waals surface area contributed by atoms with Crippen LogP contribution in [0.1, 0.15) is 92.4 Å². The third kappa shape index (κ3) is 3.47. The Hall–Kier alpha value is -0.710. The highest BCUT2D eigenvalue weighted by atomic mass is 16.3.